The Hall–Kier alpha value is -5.03. The Morgan fingerprint density at radius 2 is 1.51 bits per heavy atom. The zero-order valence-corrected chi connectivity index (χ0v) is 29.5. The van der Waals surface area contributed by atoms with Crippen molar-refractivity contribution in [1.29, 1.82) is 0 Å². The van der Waals surface area contributed by atoms with Crippen LogP contribution < -0.4 is 23.8 Å². The van der Waals surface area contributed by atoms with Gasteiger partial charge in [-0.15, -0.1) is 0 Å². The van der Waals surface area contributed by atoms with Crippen LogP contribution in [0.4, 0.5) is 5.69 Å². The van der Waals surface area contributed by atoms with Gasteiger partial charge in [-0.2, -0.15) is 0 Å². The van der Waals surface area contributed by atoms with Crippen molar-refractivity contribution in [1.82, 2.24) is 10.2 Å². The van der Waals surface area contributed by atoms with Crippen molar-refractivity contribution in [3.8, 4) is 17.2 Å². The van der Waals surface area contributed by atoms with Gasteiger partial charge in [0.25, 0.3) is 10.0 Å². The molecule has 0 spiro atoms. The van der Waals surface area contributed by atoms with Crippen LogP contribution in [0.3, 0.4) is 0 Å². The smallest absolute Gasteiger partial charge is 0.264 e. The molecule has 260 valence electrons. The molecule has 1 N–H and O–H groups in total. The first-order valence-corrected chi connectivity index (χ1v) is 17.7. The number of nitrogens with zero attached hydrogens (tertiary/aromatic N) is 2. The minimum atomic E-state index is -4.36. The molecule has 0 saturated heterocycles. The fraction of sp³-hybridized carbons (Fsp3) is 0.316. The third kappa shape index (κ3) is 9.54. The van der Waals surface area contributed by atoms with Crippen molar-refractivity contribution in [2.24, 2.45) is 0 Å². The first-order chi connectivity index (χ1) is 23.6. The number of anilines is 1. The molecule has 1 unspecified atom stereocenters. The predicted octanol–water partition coefficient (Wildman–Crippen LogP) is 5.77. The van der Waals surface area contributed by atoms with E-state index < -0.39 is 28.5 Å². The number of benzene rings is 4. The van der Waals surface area contributed by atoms with Gasteiger partial charge in [-0.25, -0.2) is 8.42 Å². The second-order valence-corrected chi connectivity index (χ2v) is 13.3. The van der Waals surface area contributed by atoms with Crippen LogP contribution in [0.2, 0.25) is 0 Å². The van der Waals surface area contributed by atoms with Gasteiger partial charge in [0.2, 0.25) is 11.8 Å². The van der Waals surface area contributed by atoms with Crippen molar-refractivity contribution < 1.29 is 32.2 Å². The highest BCUT2D eigenvalue weighted by Gasteiger charge is 2.35. The Morgan fingerprint density at radius 3 is 2.14 bits per heavy atom. The first kappa shape index (κ1) is 36.8. The molecular weight excluding hydrogens is 642 g/mol. The van der Waals surface area contributed by atoms with E-state index >= 15 is 0 Å². The summed E-state index contributed by atoms with van der Waals surface area (Å²) in [6.07, 6.45) is 0.949. The first-order valence-electron chi connectivity index (χ1n) is 16.3. The predicted molar refractivity (Wildman–Crippen MR) is 191 cm³/mol. The summed E-state index contributed by atoms with van der Waals surface area (Å²) in [5.74, 6) is 0.265. The Balaban J connectivity index is 1.83. The minimum absolute atomic E-state index is 0.0884. The molecule has 4 rings (SSSR count). The highest BCUT2D eigenvalue weighted by Crippen LogP contribution is 2.33. The lowest BCUT2D eigenvalue weighted by atomic mass is 10.0. The number of hydrogen-bond acceptors (Lipinski definition) is 7. The quantitative estimate of drug-likeness (QED) is 0.150. The van der Waals surface area contributed by atoms with Crippen molar-refractivity contribution in [3.63, 3.8) is 0 Å². The van der Waals surface area contributed by atoms with Crippen molar-refractivity contribution in [2.75, 3.05) is 38.2 Å². The number of rotatable bonds is 17. The molecule has 0 saturated carbocycles. The molecule has 4 aromatic carbocycles. The number of nitrogens with one attached hydrogen (secondary N) is 1. The normalized spacial score (nSPS) is 11.7. The van der Waals surface area contributed by atoms with Gasteiger partial charge in [0, 0.05) is 25.6 Å². The van der Waals surface area contributed by atoms with Gasteiger partial charge in [0.05, 0.1) is 31.4 Å². The number of amides is 2. The summed E-state index contributed by atoms with van der Waals surface area (Å²) in [6, 6.07) is 27.0. The van der Waals surface area contributed by atoms with Crippen molar-refractivity contribution in [2.45, 2.75) is 51.1 Å². The summed E-state index contributed by atoms with van der Waals surface area (Å²) >= 11 is 0. The number of carbonyl (C=O) groups is 2. The van der Waals surface area contributed by atoms with Crippen LogP contribution in [-0.2, 0) is 32.6 Å². The molecule has 0 aromatic heterocycles. The number of aryl methyl sites for hydroxylation is 1. The third-order valence-electron chi connectivity index (χ3n) is 7.91. The monoisotopic (exact) mass is 687 g/mol. The average molecular weight is 688 g/mol. The third-order valence-corrected chi connectivity index (χ3v) is 9.68. The molecule has 0 aliphatic heterocycles. The highest BCUT2D eigenvalue weighted by molar-refractivity contribution is 7.92. The Bertz CT molecular complexity index is 1800. The lowest BCUT2D eigenvalue weighted by molar-refractivity contribution is -0.140. The maximum Gasteiger partial charge on any atom is 0.264 e. The SMILES string of the molecule is CCCNC(=O)C(Cc1ccccc1)N(Cc1cccc(C)c1)C(=O)CN(c1ccc(OCC)cc1)S(=O)(=O)c1ccc(OC)c(OC)c1. The molecule has 0 bridgehead atoms. The van der Waals surface area contributed by atoms with Crippen LogP contribution in [-0.4, -0.2) is 65.1 Å². The van der Waals surface area contributed by atoms with Crippen molar-refractivity contribution in [3.05, 3.63) is 114 Å². The number of carbonyl (C=O) groups excluding carboxylic acids is 2. The summed E-state index contributed by atoms with van der Waals surface area (Å²) in [6.45, 7) is 6.13. The topological polar surface area (TPSA) is 114 Å². The van der Waals surface area contributed by atoms with E-state index in [1.807, 2.05) is 75.4 Å². The lowest BCUT2D eigenvalue weighted by Crippen LogP contribution is -2.53. The Labute approximate surface area is 289 Å². The van der Waals surface area contributed by atoms with E-state index in [1.54, 1.807) is 24.3 Å². The molecular formula is C38H45N3O7S. The standard InChI is InChI=1S/C38H45N3O7S/c1-6-22-39-38(43)34(24-29-13-9-8-10-14-29)40(26-30-15-11-12-28(3)23-30)37(42)27-41(31-16-18-32(19-17-31)48-7-2)49(44,45)33-20-21-35(46-4)36(25-33)47-5/h8-21,23,25,34H,6-7,22,24,26-27H2,1-5H3,(H,39,43). The largest absolute Gasteiger partial charge is 0.494 e. The zero-order valence-electron chi connectivity index (χ0n) is 28.7. The van der Waals surface area contributed by atoms with E-state index in [-0.39, 0.29) is 35.2 Å². The fourth-order valence-electron chi connectivity index (χ4n) is 5.44. The van der Waals surface area contributed by atoms with Gasteiger partial charge in [-0.3, -0.25) is 13.9 Å². The molecule has 0 fully saturated rings. The minimum Gasteiger partial charge on any atom is -0.494 e. The maximum absolute atomic E-state index is 14.7. The van der Waals surface area contributed by atoms with E-state index in [0.29, 0.717) is 31.1 Å². The molecule has 1 atom stereocenters. The van der Waals surface area contributed by atoms with E-state index in [1.165, 1.54) is 37.3 Å². The van der Waals surface area contributed by atoms with Crippen LogP contribution in [0.5, 0.6) is 17.2 Å². The van der Waals surface area contributed by atoms with E-state index in [0.717, 1.165) is 21.0 Å². The van der Waals surface area contributed by atoms with Gasteiger partial charge in [0.15, 0.2) is 11.5 Å². The number of methoxy groups -OCH3 is 2. The number of sulfonamides is 1. The van der Waals surface area contributed by atoms with E-state index in [9.17, 15) is 18.0 Å². The molecule has 0 radical (unpaired) electrons. The van der Waals surface area contributed by atoms with Gasteiger partial charge >= 0.3 is 0 Å². The van der Waals surface area contributed by atoms with Crippen LogP contribution in [0.1, 0.15) is 37.0 Å². The molecule has 11 heteroatoms. The van der Waals surface area contributed by atoms with Gasteiger partial charge < -0.3 is 24.4 Å². The molecule has 10 nitrogen and oxygen atoms in total. The second kappa shape index (κ2) is 17.4. The highest BCUT2D eigenvalue weighted by atomic mass is 32.2. The number of ether oxygens (including phenoxy) is 3. The van der Waals surface area contributed by atoms with E-state index in [2.05, 4.69) is 5.32 Å². The van der Waals surface area contributed by atoms with Gasteiger partial charge in [-0.1, -0.05) is 67.1 Å². The summed E-state index contributed by atoms with van der Waals surface area (Å²) in [5, 5.41) is 2.96. The van der Waals surface area contributed by atoms with Crippen molar-refractivity contribution >= 4 is 27.5 Å². The Morgan fingerprint density at radius 1 is 0.816 bits per heavy atom. The molecule has 2 amide bonds. The average Bonchev–Trinajstić information content (AvgIpc) is 3.11. The zero-order chi connectivity index (χ0) is 35.4. The van der Waals surface area contributed by atoms with Crippen LogP contribution in [0.25, 0.3) is 0 Å². The summed E-state index contributed by atoms with van der Waals surface area (Å²) < 4.78 is 46.3. The lowest BCUT2D eigenvalue weighted by Gasteiger charge is -2.34. The number of hydrogen-bond donors (Lipinski definition) is 1. The second-order valence-electron chi connectivity index (χ2n) is 11.5. The van der Waals surface area contributed by atoms with Crippen LogP contribution >= 0.6 is 0 Å². The summed E-state index contributed by atoms with van der Waals surface area (Å²) in [7, 11) is -1.48. The molecule has 0 aliphatic carbocycles. The molecule has 0 aliphatic rings. The molecule has 49 heavy (non-hydrogen) atoms. The van der Waals surface area contributed by atoms with Gasteiger partial charge in [-0.05, 0) is 67.8 Å². The summed E-state index contributed by atoms with van der Waals surface area (Å²) in [4.78, 5) is 29.9. The maximum atomic E-state index is 14.7. The Kier molecular flexibility index (Phi) is 13.1. The van der Waals surface area contributed by atoms with E-state index in [4.69, 9.17) is 14.2 Å². The fourth-order valence-corrected chi connectivity index (χ4v) is 6.87. The molecule has 0 heterocycles. The summed E-state index contributed by atoms with van der Waals surface area (Å²) in [5.41, 5.74) is 2.91. The van der Waals surface area contributed by atoms with Gasteiger partial charge in [0.1, 0.15) is 18.3 Å². The molecule has 4 aromatic rings. The van der Waals surface area contributed by atoms with Crippen LogP contribution in [0.15, 0.2) is 102 Å². The van der Waals surface area contributed by atoms with Crippen LogP contribution in [0, 0.1) is 6.92 Å².